The topological polar surface area (TPSA) is 61.4 Å². The maximum atomic E-state index is 11.6. The highest BCUT2D eigenvalue weighted by Gasteiger charge is 2.23. The standard InChI is InChI=1S/C22H27N5OS/c1-23-20(28)14-27-10-7-16(8-11-27)13-26(2)22-18-5-3-4-6-19(18)24-21(25-22)17-9-12-29-15-17/h3-6,9,12,15-16H,7-8,10-11,13-14H2,1-2H3,(H,23,28). The molecule has 3 aromatic rings. The number of hydrogen-bond donors (Lipinski definition) is 1. The first-order valence-electron chi connectivity index (χ1n) is 10.1. The second-order valence-electron chi connectivity index (χ2n) is 7.67. The molecule has 0 radical (unpaired) electrons. The van der Waals surface area contributed by atoms with Crippen molar-refractivity contribution < 1.29 is 4.79 Å². The molecule has 1 amide bonds. The molecule has 3 heterocycles. The maximum absolute atomic E-state index is 11.6. The summed E-state index contributed by atoms with van der Waals surface area (Å²) in [4.78, 5) is 25.8. The van der Waals surface area contributed by atoms with Crippen LogP contribution in [0.4, 0.5) is 5.82 Å². The van der Waals surface area contributed by atoms with Crippen LogP contribution in [0.25, 0.3) is 22.3 Å². The van der Waals surface area contributed by atoms with Gasteiger partial charge in [-0.15, -0.1) is 0 Å². The molecule has 0 spiro atoms. The maximum Gasteiger partial charge on any atom is 0.233 e. The van der Waals surface area contributed by atoms with Crippen molar-refractivity contribution in [1.29, 1.82) is 0 Å². The van der Waals surface area contributed by atoms with Crippen LogP contribution < -0.4 is 10.2 Å². The SMILES string of the molecule is CNC(=O)CN1CCC(CN(C)c2nc(-c3ccsc3)nc3ccccc23)CC1. The number of likely N-dealkylation sites (N-methyl/N-ethyl adjacent to an activating group) is 1. The van der Waals surface area contributed by atoms with Gasteiger partial charge in [-0.2, -0.15) is 11.3 Å². The van der Waals surface area contributed by atoms with Gasteiger partial charge in [0, 0.05) is 37.0 Å². The summed E-state index contributed by atoms with van der Waals surface area (Å²) in [5, 5.41) is 7.95. The number of likely N-dealkylation sites (tertiary alicyclic amines) is 1. The van der Waals surface area contributed by atoms with Gasteiger partial charge >= 0.3 is 0 Å². The third-order valence-corrected chi connectivity index (χ3v) is 6.29. The van der Waals surface area contributed by atoms with Gasteiger partial charge in [-0.05, 0) is 55.4 Å². The number of aromatic nitrogens is 2. The van der Waals surface area contributed by atoms with Crippen LogP contribution in [0.2, 0.25) is 0 Å². The first kappa shape index (κ1) is 19.8. The Bertz CT molecular complexity index is 967. The van der Waals surface area contributed by atoms with Gasteiger partial charge in [-0.1, -0.05) is 12.1 Å². The number of thiophene rings is 1. The highest BCUT2D eigenvalue weighted by molar-refractivity contribution is 7.08. The molecule has 0 unspecified atom stereocenters. The van der Waals surface area contributed by atoms with Crippen LogP contribution in [0.1, 0.15) is 12.8 Å². The Labute approximate surface area is 175 Å². The molecule has 1 aliphatic heterocycles. The number of hydrogen-bond acceptors (Lipinski definition) is 6. The summed E-state index contributed by atoms with van der Waals surface area (Å²) in [6.45, 7) is 3.39. The van der Waals surface area contributed by atoms with E-state index < -0.39 is 0 Å². The van der Waals surface area contributed by atoms with E-state index in [0.717, 1.165) is 60.6 Å². The van der Waals surface area contributed by atoms with Crippen molar-refractivity contribution in [3.63, 3.8) is 0 Å². The van der Waals surface area contributed by atoms with Crippen molar-refractivity contribution in [2.45, 2.75) is 12.8 Å². The second-order valence-corrected chi connectivity index (χ2v) is 8.45. The average molecular weight is 410 g/mol. The normalized spacial score (nSPS) is 15.5. The molecule has 7 heteroatoms. The number of amides is 1. The van der Waals surface area contributed by atoms with Crippen molar-refractivity contribution in [2.75, 3.05) is 45.2 Å². The van der Waals surface area contributed by atoms with Crippen molar-refractivity contribution >= 4 is 34.0 Å². The second kappa shape index (κ2) is 8.88. The summed E-state index contributed by atoms with van der Waals surface area (Å²) in [6.07, 6.45) is 2.20. The van der Waals surface area contributed by atoms with Gasteiger partial charge in [0.15, 0.2) is 5.82 Å². The molecule has 6 nitrogen and oxygen atoms in total. The van der Waals surface area contributed by atoms with Gasteiger partial charge in [-0.3, -0.25) is 9.69 Å². The Hall–Kier alpha value is -2.51. The third kappa shape index (κ3) is 4.57. The number of piperidine rings is 1. The number of anilines is 1. The molecule has 29 heavy (non-hydrogen) atoms. The van der Waals surface area contributed by atoms with Crippen LogP contribution in [-0.2, 0) is 4.79 Å². The smallest absolute Gasteiger partial charge is 0.233 e. The Balaban J connectivity index is 1.50. The van der Waals surface area contributed by atoms with E-state index in [1.807, 2.05) is 12.1 Å². The minimum atomic E-state index is 0.0917. The molecule has 4 rings (SSSR count). The number of rotatable bonds is 6. The van der Waals surface area contributed by atoms with Crippen LogP contribution >= 0.6 is 11.3 Å². The largest absolute Gasteiger partial charge is 0.359 e. The highest BCUT2D eigenvalue weighted by Crippen LogP contribution is 2.29. The van der Waals surface area contributed by atoms with Crippen molar-refractivity contribution in [1.82, 2.24) is 20.2 Å². The Morgan fingerprint density at radius 1 is 1.24 bits per heavy atom. The zero-order valence-electron chi connectivity index (χ0n) is 17.0. The van der Waals surface area contributed by atoms with E-state index in [4.69, 9.17) is 9.97 Å². The van der Waals surface area contributed by atoms with Gasteiger partial charge in [0.05, 0.1) is 12.1 Å². The van der Waals surface area contributed by atoms with Crippen LogP contribution in [0.15, 0.2) is 41.1 Å². The fraction of sp³-hybridized carbons (Fsp3) is 0.409. The van der Waals surface area contributed by atoms with E-state index in [1.54, 1.807) is 18.4 Å². The van der Waals surface area contributed by atoms with Crippen molar-refractivity contribution in [3.05, 3.63) is 41.1 Å². The summed E-state index contributed by atoms with van der Waals surface area (Å²) in [5.74, 6) is 2.46. The number of para-hydroxylation sites is 1. The first-order valence-corrected chi connectivity index (χ1v) is 11.0. The number of fused-ring (bicyclic) bond motifs is 1. The van der Waals surface area contributed by atoms with E-state index in [1.165, 1.54) is 0 Å². The lowest BCUT2D eigenvalue weighted by atomic mass is 9.96. The number of benzene rings is 1. The average Bonchev–Trinajstić information content (AvgIpc) is 3.29. The monoisotopic (exact) mass is 409 g/mol. The number of carbonyl (C=O) groups is 1. The fourth-order valence-corrected chi connectivity index (χ4v) is 4.59. The predicted molar refractivity (Wildman–Crippen MR) is 119 cm³/mol. The Kier molecular flexibility index (Phi) is 6.06. The number of nitrogens with zero attached hydrogens (tertiary/aromatic N) is 4. The molecule has 0 atom stereocenters. The van der Waals surface area contributed by atoms with E-state index in [-0.39, 0.29) is 5.91 Å². The zero-order chi connectivity index (χ0) is 20.2. The molecular formula is C22H27N5OS. The van der Waals surface area contributed by atoms with Gasteiger partial charge in [0.25, 0.3) is 0 Å². The Morgan fingerprint density at radius 3 is 2.76 bits per heavy atom. The lowest BCUT2D eigenvalue weighted by molar-refractivity contribution is -0.122. The lowest BCUT2D eigenvalue weighted by Crippen LogP contribution is -2.42. The molecule has 152 valence electrons. The summed E-state index contributed by atoms with van der Waals surface area (Å²) >= 11 is 1.66. The first-order chi connectivity index (χ1) is 14.1. The molecule has 1 fully saturated rings. The number of nitrogens with one attached hydrogen (secondary N) is 1. The molecule has 1 saturated heterocycles. The fourth-order valence-electron chi connectivity index (χ4n) is 3.95. The molecular weight excluding hydrogens is 382 g/mol. The van der Waals surface area contributed by atoms with Gasteiger partial charge < -0.3 is 10.2 Å². The van der Waals surface area contributed by atoms with Crippen LogP contribution in [0, 0.1) is 5.92 Å². The van der Waals surface area contributed by atoms with Gasteiger partial charge in [0.1, 0.15) is 5.82 Å². The summed E-state index contributed by atoms with van der Waals surface area (Å²) in [7, 11) is 3.82. The Morgan fingerprint density at radius 2 is 2.03 bits per heavy atom. The summed E-state index contributed by atoms with van der Waals surface area (Å²) < 4.78 is 0. The number of carbonyl (C=O) groups excluding carboxylic acids is 1. The molecule has 0 aliphatic carbocycles. The van der Waals surface area contributed by atoms with Crippen LogP contribution in [-0.4, -0.2) is 61.0 Å². The van der Waals surface area contributed by atoms with Crippen molar-refractivity contribution in [3.8, 4) is 11.4 Å². The predicted octanol–water partition coefficient (Wildman–Crippen LogP) is 3.25. The third-order valence-electron chi connectivity index (χ3n) is 5.61. The van der Waals surface area contributed by atoms with Gasteiger partial charge in [0.2, 0.25) is 5.91 Å². The quantitative estimate of drug-likeness (QED) is 0.677. The minimum absolute atomic E-state index is 0.0917. The highest BCUT2D eigenvalue weighted by atomic mass is 32.1. The van der Waals surface area contributed by atoms with E-state index in [9.17, 15) is 4.79 Å². The summed E-state index contributed by atoms with van der Waals surface area (Å²) in [5.41, 5.74) is 2.05. The van der Waals surface area contributed by atoms with Gasteiger partial charge in [-0.25, -0.2) is 9.97 Å². The molecule has 1 aliphatic rings. The lowest BCUT2D eigenvalue weighted by Gasteiger charge is -2.34. The summed E-state index contributed by atoms with van der Waals surface area (Å²) in [6, 6.07) is 10.3. The minimum Gasteiger partial charge on any atom is -0.359 e. The molecule has 1 aromatic carbocycles. The van der Waals surface area contributed by atoms with E-state index in [2.05, 4.69) is 51.1 Å². The zero-order valence-corrected chi connectivity index (χ0v) is 17.8. The van der Waals surface area contributed by atoms with Crippen LogP contribution in [0.5, 0.6) is 0 Å². The van der Waals surface area contributed by atoms with E-state index >= 15 is 0 Å². The molecule has 2 aromatic heterocycles. The molecule has 0 saturated carbocycles. The van der Waals surface area contributed by atoms with Crippen LogP contribution in [0.3, 0.4) is 0 Å². The van der Waals surface area contributed by atoms with Crippen molar-refractivity contribution in [2.24, 2.45) is 5.92 Å². The van der Waals surface area contributed by atoms with E-state index in [0.29, 0.717) is 12.5 Å². The molecule has 0 bridgehead atoms. The molecule has 1 N–H and O–H groups in total.